The summed E-state index contributed by atoms with van der Waals surface area (Å²) < 4.78 is 5.17. The van der Waals surface area contributed by atoms with E-state index in [0.29, 0.717) is 5.56 Å². The Balaban J connectivity index is 1.90. The summed E-state index contributed by atoms with van der Waals surface area (Å²) in [4.78, 5) is 26.3. The van der Waals surface area contributed by atoms with Gasteiger partial charge in [-0.15, -0.1) is 0 Å². The van der Waals surface area contributed by atoms with Crippen molar-refractivity contribution >= 4 is 17.6 Å². The normalized spacial score (nSPS) is 17.2. The molecule has 1 unspecified atom stereocenters. The van der Waals surface area contributed by atoms with Gasteiger partial charge in [0.05, 0.1) is 4.92 Å². The molecule has 1 heterocycles. The van der Waals surface area contributed by atoms with Gasteiger partial charge < -0.3 is 4.74 Å². The number of hydrogen-bond donors (Lipinski definition) is 0. The van der Waals surface area contributed by atoms with Gasteiger partial charge in [0, 0.05) is 17.7 Å². The lowest BCUT2D eigenvalue weighted by molar-refractivity contribution is -0.384. The summed E-state index contributed by atoms with van der Waals surface area (Å²) in [5.74, 6) is -0.216. The average Bonchev–Trinajstić information content (AvgIpc) is 2.90. The molecule has 0 radical (unpaired) electrons. The van der Waals surface area contributed by atoms with E-state index in [9.17, 15) is 14.9 Å². The Morgan fingerprint density at radius 2 is 1.71 bits per heavy atom. The van der Waals surface area contributed by atoms with Crippen LogP contribution in [0.1, 0.15) is 17.2 Å². The number of ether oxygens (including phenoxy) is 1. The summed E-state index contributed by atoms with van der Waals surface area (Å²) in [6.45, 7) is 0. The highest BCUT2D eigenvalue weighted by Crippen LogP contribution is 2.27. The second-order valence-corrected chi connectivity index (χ2v) is 4.47. The third kappa shape index (κ3) is 2.51. The molecule has 2 aromatic rings. The van der Waals surface area contributed by atoms with E-state index in [0.717, 1.165) is 5.56 Å². The zero-order chi connectivity index (χ0) is 14.8. The van der Waals surface area contributed by atoms with Gasteiger partial charge in [-0.1, -0.05) is 18.2 Å². The van der Waals surface area contributed by atoms with Crippen LogP contribution in [0, 0.1) is 10.1 Å². The van der Waals surface area contributed by atoms with E-state index in [4.69, 9.17) is 4.74 Å². The topological polar surface area (TPSA) is 81.8 Å². The second kappa shape index (κ2) is 5.16. The number of cyclic esters (lactones) is 1. The van der Waals surface area contributed by atoms with Crippen molar-refractivity contribution in [1.82, 2.24) is 0 Å². The van der Waals surface area contributed by atoms with Gasteiger partial charge in [-0.25, -0.2) is 9.79 Å². The molecule has 3 rings (SSSR count). The van der Waals surface area contributed by atoms with Gasteiger partial charge in [0.25, 0.3) is 5.69 Å². The number of non-ortho nitro benzene ring substituents is 1. The molecule has 0 saturated heterocycles. The summed E-state index contributed by atoms with van der Waals surface area (Å²) in [5.41, 5.74) is 1.25. The quantitative estimate of drug-likeness (QED) is 0.492. The van der Waals surface area contributed by atoms with Gasteiger partial charge in [-0.2, -0.15) is 0 Å². The van der Waals surface area contributed by atoms with Crippen molar-refractivity contribution in [1.29, 1.82) is 0 Å². The van der Waals surface area contributed by atoms with Crippen molar-refractivity contribution in [3.63, 3.8) is 0 Å². The second-order valence-electron chi connectivity index (χ2n) is 4.47. The predicted molar refractivity (Wildman–Crippen MR) is 74.9 cm³/mol. The summed E-state index contributed by atoms with van der Waals surface area (Å²) in [7, 11) is 0. The largest absolute Gasteiger partial charge is 0.405 e. The Hall–Kier alpha value is -3.02. The Morgan fingerprint density at radius 1 is 1.05 bits per heavy atom. The summed E-state index contributed by atoms with van der Waals surface area (Å²) >= 11 is 0. The van der Waals surface area contributed by atoms with Crippen LogP contribution in [0.15, 0.2) is 59.6 Å². The van der Waals surface area contributed by atoms with Crippen molar-refractivity contribution in [2.24, 2.45) is 4.99 Å². The van der Waals surface area contributed by atoms with E-state index in [1.54, 1.807) is 12.1 Å². The highest BCUT2D eigenvalue weighted by molar-refractivity contribution is 6.06. The molecular weight excluding hydrogens is 272 g/mol. The third-order valence-electron chi connectivity index (χ3n) is 3.11. The van der Waals surface area contributed by atoms with Crippen LogP contribution in [-0.2, 0) is 9.53 Å². The maximum absolute atomic E-state index is 11.9. The lowest BCUT2D eigenvalue weighted by atomic mass is 10.1. The molecule has 104 valence electrons. The van der Waals surface area contributed by atoms with Crippen LogP contribution in [0.2, 0.25) is 0 Å². The van der Waals surface area contributed by atoms with Crippen molar-refractivity contribution in [2.45, 2.75) is 6.04 Å². The highest BCUT2D eigenvalue weighted by atomic mass is 16.6. The first-order valence-corrected chi connectivity index (χ1v) is 6.24. The van der Waals surface area contributed by atoms with Crippen LogP contribution >= 0.6 is 0 Å². The van der Waals surface area contributed by atoms with Gasteiger partial charge in [-0.3, -0.25) is 10.1 Å². The first kappa shape index (κ1) is 13.0. The number of benzene rings is 2. The summed E-state index contributed by atoms with van der Waals surface area (Å²) in [6, 6.07) is 14.0. The smallest absolute Gasteiger partial charge is 0.342 e. The fourth-order valence-electron chi connectivity index (χ4n) is 2.05. The van der Waals surface area contributed by atoms with E-state index >= 15 is 0 Å². The zero-order valence-electron chi connectivity index (χ0n) is 10.8. The number of nitro benzene ring substituents is 1. The average molecular weight is 282 g/mol. The number of rotatable bonds is 3. The molecule has 0 saturated carbocycles. The minimum atomic E-state index is -0.777. The number of nitro groups is 1. The zero-order valence-corrected chi connectivity index (χ0v) is 10.8. The summed E-state index contributed by atoms with van der Waals surface area (Å²) in [5, 5.41) is 10.6. The number of nitrogens with zero attached hydrogens (tertiary/aromatic N) is 2. The van der Waals surface area contributed by atoms with Gasteiger partial charge in [0.1, 0.15) is 0 Å². The molecule has 0 amide bonds. The SMILES string of the molecule is O=C1OC(c2ccccc2)=NC1c1ccc([N+](=O)[O-])cc1. The van der Waals surface area contributed by atoms with Crippen molar-refractivity contribution < 1.29 is 14.5 Å². The third-order valence-corrected chi connectivity index (χ3v) is 3.11. The number of carbonyl (C=O) groups is 1. The summed E-state index contributed by atoms with van der Waals surface area (Å²) in [6.07, 6.45) is 0. The van der Waals surface area contributed by atoms with E-state index in [1.165, 1.54) is 24.3 Å². The van der Waals surface area contributed by atoms with Crippen LogP contribution in [0.25, 0.3) is 0 Å². The molecule has 0 aromatic heterocycles. The fourth-order valence-corrected chi connectivity index (χ4v) is 2.05. The van der Waals surface area contributed by atoms with Crippen molar-refractivity contribution in [3.8, 4) is 0 Å². The molecule has 0 fully saturated rings. The molecule has 21 heavy (non-hydrogen) atoms. The van der Waals surface area contributed by atoms with Crippen LogP contribution < -0.4 is 0 Å². The Bertz CT molecular complexity index is 723. The molecule has 2 aromatic carbocycles. The minimum absolute atomic E-state index is 0.0302. The molecule has 0 spiro atoms. The number of carbonyl (C=O) groups excluding carboxylic acids is 1. The van der Waals surface area contributed by atoms with E-state index in [2.05, 4.69) is 4.99 Å². The minimum Gasteiger partial charge on any atom is -0.405 e. The lowest BCUT2D eigenvalue weighted by Gasteiger charge is -2.02. The first-order valence-electron chi connectivity index (χ1n) is 6.24. The lowest BCUT2D eigenvalue weighted by Crippen LogP contribution is -2.08. The molecular formula is C15H10N2O4. The molecule has 6 heteroatoms. The van der Waals surface area contributed by atoms with Crippen LogP contribution in [0.4, 0.5) is 5.69 Å². The predicted octanol–water partition coefficient (Wildman–Crippen LogP) is 2.64. The maximum Gasteiger partial charge on any atom is 0.342 e. The van der Waals surface area contributed by atoms with Gasteiger partial charge in [0.2, 0.25) is 5.90 Å². The highest BCUT2D eigenvalue weighted by Gasteiger charge is 2.31. The molecule has 0 bridgehead atoms. The standard InChI is InChI=1S/C15H10N2O4/c18-15-13(10-6-8-12(9-7-10)17(19)20)16-14(21-15)11-4-2-1-3-5-11/h1-9,13H. The number of esters is 1. The number of aliphatic imine (C=N–C) groups is 1. The van der Waals surface area contributed by atoms with Gasteiger partial charge in [-0.05, 0) is 29.8 Å². The van der Waals surface area contributed by atoms with Crippen molar-refractivity contribution in [3.05, 3.63) is 75.8 Å². The Morgan fingerprint density at radius 3 is 2.33 bits per heavy atom. The molecule has 6 nitrogen and oxygen atoms in total. The molecule has 0 aliphatic carbocycles. The van der Waals surface area contributed by atoms with Crippen LogP contribution in [-0.4, -0.2) is 16.8 Å². The maximum atomic E-state index is 11.9. The van der Waals surface area contributed by atoms with E-state index in [-0.39, 0.29) is 11.6 Å². The van der Waals surface area contributed by atoms with E-state index < -0.39 is 16.9 Å². The van der Waals surface area contributed by atoms with Gasteiger partial charge >= 0.3 is 5.97 Å². The Kier molecular flexibility index (Phi) is 3.19. The number of hydrogen-bond acceptors (Lipinski definition) is 5. The first-order chi connectivity index (χ1) is 10.1. The van der Waals surface area contributed by atoms with E-state index in [1.807, 2.05) is 18.2 Å². The van der Waals surface area contributed by atoms with Crippen LogP contribution in [0.3, 0.4) is 0 Å². The molecule has 1 atom stereocenters. The molecule has 0 N–H and O–H groups in total. The molecule has 1 aliphatic heterocycles. The monoisotopic (exact) mass is 282 g/mol. The van der Waals surface area contributed by atoms with Gasteiger partial charge in [0.15, 0.2) is 6.04 Å². The molecule has 1 aliphatic rings. The fraction of sp³-hybridized carbons (Fsp3) is 0.0667. The Labute approximate surface area is 119 Å². The van der Waals surface area contributed by atoms with Crippen LogP contribution in [0.5, 0.6) is 0 Å². The van der Waals surface area contributed by atoms with Crippen molar-refractivity contribution in [2.75, 3.05) is 0 Å².